The van der Waals surface area contributed by atoms with Gasteiger partial charge in [0.1, 0.15) is 0 Å². The van der Waals surface area contributed by atoms with Gasteiger partial charge in [0, 0.05) is 18.3 Å². The van der Waals surface area contributed by atoms with Crippen LogP contribution in [0.25, 0.3) is 0 Å². The second-order valence-electron chi connectivity index (χ2n) is 4.87. The van der Waals surface area contributed by atoms with Crippen molar-refractivity contribution in [3.63, 3.8) is 0 Å². The van der Waals surface area contributed by atoms with Crippen molar-refractivity contribution >= 4 is 11.7 Å². The number of halogens is 3. The molecule has 7 heteroatoms. The van der Waals surface area contributed by atoms with E-state index in [1.165, 1.54) is 6.07 Å². The zero-order valence-electron chi connectivity index (χ0n) is 11.0. The molecule has 0 aromatic heterocycles. The zero-order chi connectivity index (χ0) is 15.6. The second-order valence-corrected chi connectivity index (χ2v) is 4.87. The molecule has 1 saturated carbocycles. The first-order valence-electron chi connectivity index (χ1n) is 6.42. The van der Waals surface area contributed by atoms with Crippen molar-refractivity contribution < 1.29 is 23.1 Å². The first-order chi connectivity index (χ1) is 9.84. The first-order valence-corrected chi connectivity index (χ1v) is 6.42. The molecule has 21 heavy (non-hydrogen) atoms. The fraction of sp³-hybridized carbons (Fsp3) is 0.429. The van der Waals surface area contributed by atoms with Gasteiger partial charge in [-0.1, -0.05) is 0 Å². The van der Waals surface area contributed by atoms with Gasteiger partial charge in [0.25, 0.3) is 0 Å². The minimum Gasteiger partial charge on any atom is -0.478 e. The topological polar surface area (TPSA) is 64.3 Å². The Balaban J connectivity index is 2.45. The van der Waals surface area contributed by atoms with Crippen LogP contribution >= 0.6 is 0 Å². The lowest BCUT2D eigenvalue weighted by molar-refractivity contribution is -0.137. The Bertz CT molecular complexity index is 589. The van der Waals surface area contributed by atoms with Crippen LogP contribution in [0.4, 0.5) is 18.9 Å². The van der Waals surface area contributed by atoms with E-state index in [1.54, 1.807) is 4.90 Å². The second kappa shape index (κ2) is 5.64. The summed E-state index contributed by atoms with van der Waals surface area (Å²) in [6.45, 7) is 0.205. The molecule has 0 aliphatic heterocycles. The van der Waals surface area contributed by atoms with E-state index >= 15 is 0 Å². The summed E-state index contributed by atoms with van der Waals surface area (Å²) in [4.78, 5) is 12.4. The lowest BCUT2D eigenvalue weighted by Crippen LogP contribution is -2.29. The van der Waals surface area contributed by atoms with Crippen molar-refractivity contribution in [2.24, 2.45) is 0 Å². The molecule has 0 saturated heterocycles. The molecule has 0 bridgehead atoms. The van der Waals surface area contributed by atoms with Crippen LogP contribution < -0.4 is 4.90 Å². The van der Waals surface area contributed by atoms with Crippen LogP contribution in [0.15, 0.2) is 18.2 Å². The van der Waals surface area contributed by atoms with Gasteiger partial charge < -0.3 is 10.0 Å². The maximum atomic E-state index is 13.2. The maximum Gasteiger partial charge on any atom is 0.418 e. The molecular formula is C14H13F3N2O2. The Hall–Kier alpha value is -2.23. The minimum atomic E-state index is -4.64. The van der Waals surface area contributed by atoms with E-state index in [4.69, 9.17) is 10.4 Å². The molecule has 1 aromatic carbocycles. The summed E-state index contributed by atoms with van der Waals surface area (Å²) in [5.41, 5.74) is -1.42. The van der Waals surface area contributed by atoms with E-state index in [1.807, 2.05) is 6.07 Å². The Labute approximate surface area is 119 Å². The molecule has 0 radical (unpaired) electrons. The lowest BCUT2D eigenvalue weighted by atomic mass is 10.1. The molecule has 112 valence electrons. The summed E-state index contributed by atoms with van der Waals surface area (Å²) in [5, 5.41) is 17.5. The monoisotopic (exact) mass is 298 g/mol. The standard InChI is InChI=1S/C14H13F3N2O2/c15-14(16,17)11-8-9(13(20)21)2-5-12(11)19(7-1-6-18)10-3-4-10/h2,5,8,10H,1,3-4,7H2,(H,20,21). The number of hydrogen-bond donors (Lipinski definition) is 1. The van der Waals surface area contributed by atoms with E-state index in [0.717, 1.165) is 18.9 Å². The quantitative estimate of drug-likeness (QED) is 0.906. The average molecular weight is 298 g/mol. The molecule has 0 unspecified atom stereocenters. The molecule has 4 nitrogen and oxygen atoms in total. The van der Waals surface area contributed by atoms with Gasteiger partial charge >= 0.3 is 12.1 Å². The van der Waals surface area contributed by atoms with Crippen LogP contribution in [0.3, 0.4) is 0 Å². The van der Waals surface area contributed by atoms with E-state index in [2.05, 4.69) is 0 Å². The van der Waals surface area contributed by atoms with Gasteiger partial charge in [-0.05, 0) is 31.0 Å². The lowest BCUT2D eigenvalue weighted by Gasteiger charge is -2.27. The maximum absolute atomic E-state index is 13.2. The van der Waals surface area contributed by atoms with Gasteiger partial charge in [0.05, 0.1) is 23.6 Å². The third-order valence-corrected chi connectivity index (χ3v) is 3.31. The number of carboxylic acids is 1. The van der Waals surface area contributed by atoms with Crippen molar-refractivity contribution in [2.75, 3.05) is 11.4 Å². The van der Waals surface area contributed by atoms with E-state index in [0.29, 0.717) is 6.07 Å². The van der Waals surface area contributed by atoms with Crippen LogP contribution in [-0.2, 0) is 6.18 Å². The van der Waals surface area contributed by atoms with E-state index in [9.17, 15) is 18.0 Å². The SMILES string of the molecule is N#CCCN(c1ccc(C(=O)O)cc1C(F)(F)F)C1CC1. The van der Waals surface area contributed by atoms with Gasteiger partial charge in [0.2, 0.25) is 0 Å². The number of rotatable bonds is 5. The fourth-order valence-electron chi connectivity index (χ4n) is 2.20. The minimum absolute atomic E-state index is 0.00451. The third kappa shape index (κ3) is 3.45. The van der Waals surface area contributed by atoms with Crippen molar-refractivity contribution in [1.82, 2.24) is 0 Å². The summed E-state index contributed by atoms with van der Waals surface area (Å²) in [6, 6.07) is 4.91. The van der Waals surface area contributed by atoms with E-state index < -0.39 is 23.3 Å². The Morgan fingerprint density at radius 3 is 2.57 bits per heavy atom. The number of carbonyl (C=O) groups is 1. The highest BCUT2D eigenvalue weighted by atomic mass is 19.4. The highest BCUT2D eigenvalue weighted by molar-refractivity contribution is 5.88. The Kier molecular flexibility index (Phi) is 4.07. The molecule has 1 aliphatic carbocycles. The average Bonchev–Trinajstić information content (AvgIpc) is 3.22. The van der Waals surface area contributed by atoms with Crippen molar-refractivity contribution in [3.05, 3.63) is 29.3 Å². The highest BCUT2D eigenvalue weighted by Gasteiger charge is 2.38. The van der Waals surface area contributed by atoms with Gasteiger partial charge in [-0.25, -0.2) is 4.79 Å². The molecule has 0 atom stereocenters. The molecule has 1 N–H and O–H groups in total. The van der Waals surface area contributed by atoms with Gasteiger partial charge in [-0.3, -0.25) is 0 Å². The van der Waals surface area contributed by atoms with Crippen LogP contribution in [0.2, 0.25) is 0 Å². The van der Waals surface area contributed by atoms with Crippen LogP contribution in [-0.4, -0.2) is 23.7 Å². The summed E-state index contributed by atoms with van der Waals surface area (Å²) in [7, 11) is 0. The molecule has 1 aromatic rings. The largest absolute Gasteiger partial charge is 0.478 e. The Morgan fingerprint density at radius 1 is 1.43 bits per heavy atom. The van der Waals surface area contributed by atoms with Crippen molar-refractivity contribution in [1.29, 1.82) is 5.26 Å². The van der Waals surface area contributed by atoms with E-state index in [-0.39, 0.29) is 24.7 Å². The molecular weight excluding hydrogens is 285 g/mol. The van der Waals surface area contributed by atoms with Gasteiger partial charge in [0.15, 0.2) is 0 Å². The number of anilines is 1. The van der Waals surface area contributed by atoms with Crippen LogP contribution in [0.5, 0.6) is 0 Å². The summed E-state index contributed by atoms with van der Waals surface area (Å²) < 4.78 is 39.5. The third-order valence-electron chi connectivity index (χ3n) is 3.31. The zero-order valence-corrected chi connectivity index (χ0v) is 11.0. The van der Waals surface area contributed by atoms with Gasteiger partial charge in [-0.2, -0.15) is 18.4 Å². The normalized spacial score (nSPS) is 14.6. The van der Waals surface area contributed by atoms with Crippen molar-refractivity contribution in [2.45, 2.75) is 31.5 Å². The number of nitriles is 1. The predicted molar refractivity (Wildman–Crippen MR) is 69.0 cm³/mol. The number of benzene rings is 1. The van der Waals surface area contributed by atoms with Crippen molar-refractivity contribution in [3.8, 4) is 6.07 Å². The summed E-state index contributed by atoms with van der Waals surface area (Å²) >= 11 is 0. The molecule has 2 rings (SSSR count). The first kappa shape index (κ1) is 15.2. The molecule has 1 aliphatic rings. The highest BCUT2D eigenvalue weighted by Crippen LogP contribution is 2.41. The summed E-state index contributed by atoms with van der Waals surface area (Å²) in [6.07, 6.45) is -2.96. The van der Waals surface area contributed by atoms with Gasteiger partial charge in [-0.15, -0.1) is 0 Å². The van der Waals surface area contributed by atoms with Crippen LogP contribution in [0, 0.1) is 11.3 Å². The fourth-order valence-corrected chi connectivity index (χ4v) is 2.20. The number of carboxylic acid groups (broad SMARTS) is 1. The molecule has 0 amide bonds. The number of alkyl halides is 3. The summed E-state index contributed by atoms with van der Waals surface area (Å²) in [5.74, 6) is -1.40. The smallest absolute Gasteiger partial charge is 0.418 e. The molecule has 0 heterocycles. The number of nitrogens with zero attached hydrogens (tertiary/aromatic N) is 2. The number of aromatic carboxylic acids is 1. The van der Waals surface area contributed by atoms with Crippen LogP contribution in [0.1, 0.15) is 35.2 Å². The molecule has 0 spiro atoms. The predicted octanol–water partition coefficient (Wildman–Crippen LogP) is 3.29. The molecule has 1 fully saturated rings. The number of hydrogen-bond acceptors (Lipinski definition) is 3. The Morgan fingerprint density at radius 2 is 2.10 bits per heavy atom.